The molecule has 1 aromatic heterocycles. The summed E-state index contributed by atoms with van der Waals surface area (Å²) in [4.78, 5) is 34.7. The van der Waals surface area contributed by atoms with E-state index < -0.39 is 24.6 Å². The molecule has 2 amide bonds. The number of ether oxygens (including phenoxy) is 3. The Morgan fingerprint density at radius 3 is 2.63 bits per heavy atom. The number of nitrogens with one attached hydrogen (secondary N) is 1. The van der Waals surface area contributed by atoms with Crippen molar-refractivity contribution >= 4 is 18.0 Å². The summed E-state index contributed by atoms with van der Waals surface area (Å²) < 4.78 is 20.2. The summed E-state index contributed by atoms with van der Waals surface area (Å²) in [5.41, 5.74) is 1.77. The smallest absolute Gasteiger partial charge is 0.413 e. The number of rotatable bonds is 7. The Hall–Kier alpha value is -3.36. The second-order valence-corrected chi connectivity index (χ2v) is 5.46. The molecule has 1 aromatic carbocycles. The van der Waals surface area contributed by atoms with Gasteiger partial charge in [0.1, 0.15) is 18.1 Å². The minimum Gasteiger partial charge on any atom is -0.489 e. The number of alkyl carbamates (subject to hydrolysis) is 1. The molecule has 0 atom stereocenters. The molecule has 9 nitrogen and oxygen atoms in total. The first-order chi connectivity index (χ1) is 12.9. The highest BCUT2D eigenvalue weighted by Crippen LogP contribution is 2.19. The standard InChI is InChI=1S/C18H20N2O7/c1-4-24-18(23)19-16(21)10-26-17(22)13-6-5-7-14(8-13)25-9-15-11(2)20-27-12(15)3/h5-8H,4,9-10H2,1-3H3,(H,19,21,23). The maximum absolute atomic E-state index is 12.1. The molecule has 27 heavy (non-hydrogen) atoms. The van der Waals surface area contributed by atoms with Gasteiger partial charge < -0.3 is 18.7 Å². The Kier molecular flexibility index (Phi) is 6.93. The van der Waals surface area contributed by atoms with Crippen LogP contribution in [0.15, 0.2) is 28.8 Å². The average Bonchev–Trinajstić information content (AvgIpc) is 2.96. The maximum Gasteiger partial charge on any atom is 0.413 e. The van der Waals surface area contributed by atoms with Gasteiger partial charge in [-0.3, -0.25) is 10.1 Å². The van der Waals surface area contributed by atoms with Crippen molar-refractivity contribution in [3.8, 4) is 5.75 Å². The highest BCUT2D eigenvalue weighted by atomic mass is 16.6. The van der Waals surface area contributed by atoms with Crippen LogP contribution < -0.4 is 10.1 Å². The number of aryl methyl sites for hydroxylation is 2. The van der Waals surface area contributed by atoms with Crippen molar-refractivity contribution < 1.29 is 33.1 Å². The fourth-order valence-corrected chi connectivity index (χ4v) is 2.11. The number of hydrogen-bond donors (Lipinski definition) is 1. The molecule has 144 valence electrons. The van der Waals surface area contributed by atoms with Crippen LogP contribution in [0.4, 0.5) is 4.79 Å². The summed E-state index contributed by atoms with van der Waals surface area (Å²) in [5, 5.41) is 5.78. The number of carbonyl (C=O) groups is 3. The summed E-state index contributed by atoms with van der Waals surface area (Å²) in [5.74, 6) is -0.402. The number of carbonyl (C=O) groups excluding carboxylic acids is 3. The number of benzene rings is 1. The summed E-state index contributed by atoms with van der Waals surface area (Å²) in [7, 11) is 0. The summed E-state index contributed by atoms with van der Waals surface area (Å²) in [6.45, 7) is 4.95. The molecule has 2 rings (SSSR count). The number of imide groups is 1. The van der Waals surface area contributed by atoms with Gasteiger partial charge in [-0.15, -0.1) is 0 Å². The molecule has 2 aromatic rings. The highest BCUT2D eigenvalue weighted by Gasteiger charge is 2.14. The van der Waals surface area contributed by atoms with Gasteiger partial charge in [0.15, 0.2) is 6.61 Å². The van der Waals surface area contributed by atoms with Crippen molar-refractivity contribution in [2.75, 3.05) is 13.2 Å². The first-order valence-corrected chi connectivity index (χ1v) is 8.19. The van der Waals surface area contributed by atoms with Crippen molar-refractivity contribution in [3.05, 3.63) is 46.8 Å². The van der Waals surface area contributed by atoms with Crippen molar-refractivity contribution in [3.63, 3.8) is 0 Å². The van der Waals surface area contributed by atoms with E-state index in [4.69, 9.17) is 14.0 Å². The Morgan fingerprint density at radius 1 is 1.19 bits per heavy atom. The van der Waals surface area contributed by atoms with Gasteiger partial charge in [0.2, 0.25) is 0 Å². The van der Waals surface area contributed by atoms with Crippen LogP contribution in [0.1, 0.15) is 34.3 Å². The Labute approximate surface area is 155 Å². The Bertz CT molecular complexity index is 809. The third-order valence-corrected chi connectivity index (χ3v) is 3.49. The van der Waals surface area contributed by atoms with Crippen LogP contribution in [-0.2, 0) is 20.9 Å². The van der Waals surface area contributed by atoms with E-state index in [9.17, 15) is 14.4 Å². The van der Waals surface area contributed by atoms with Crippen LogP contribution in [0.25, 0.3) is 0 Å². The molecule has 9 heteroatoms. The van der Waals surface area contributed by atoms with Gasteiger partial charge in [0, 0.05) is 0 Å². The SMILES string of the molecule is CCOC(=O)NC(=O)COC(=O)c1cccc(OCc2c(C)noc2C)c1. The molecule has 0 bridgehead atoms. The molecule has 0 fully saturated rings. The molecule has 0 aliphatic heterocycles. The van der Waals surface area contributed by atoms with Crippen LogP contribution in [0, 0.1) is 13.8 Å². The monoisotopic (exact) mass is 376 g/mol. The lowest BCUT2D eigenvalue weighted by Crippen LogP contribution is -2.34. The van der Waals surface area contributed by atoms with Crippen LogP contribution in [-0.4, -0.2) is 36.3 Å². The van der Waals surface area contributed by atoms with E-state index in [1.807, 2.05) is 12.2 Å². The predicted molar refractivity (Wildman–Crippen MR) is 92.2 cm³/mol. The van der Waals surface area contributed by atoms with Crippen molar-refractivity contribution in [2.45, 2.75) is 27.4 Å². The fourth-order valence-electron chi connectivity index (χ4n) is 2.11. The molecule has 0 aliphatic carbocycles. The Morgan fingerprint density at radius 2 is 1.96 bits per heavy atom. The lowest BCUT2D eigenvalue weighted by atomic mass is 10.2. The van der Waals surface area contributed by atoms with E-state index in [1.165, 1.54) is 12.1 Å². The molecule has 0 aliphatic rings. The van der Waals surface area contributed by atoms with Gasteiger partial charge in [0.05, 0.1) is 23.4 Å². The second-order valence-electron chi connectivity index (χ2n) is 5.46. The molecule has 1 N–H and O–H groups in total. The molecule has 0 spiro atoms. The first kappa shape index (κ1) is 20.0. The van der Waals surface area contributed by atoms with Crippen LogP contribution in [0.3, 0.4) is 0 Å². The molecule has 0 unspecified atom stereocenters. The minimum absolute atomic E-state index is 0.125. The number of nitrogens with zero attached hydrogens (tertiary/aromatic N) is 1. The van der Waals surface area contributed by atoms with Crippen LogP contribution in [0.2, 0.25) is 0 Å². The highest BCUT2D eigenvalue weighted by molar-refractivity contribution is 5.95. The fraction of sp³-hybridized carbons (Fsp3) is 0.333. The average molecular weight is 376 g/mol. The lowest BCUT2D eigenvalue weighted by Gasteiger charge is -2.08. The third kappa shape index (κ3) is 5.84. The second kappa shape index (κ2) is 9.37. The number of aromatic nitrogens is 1. The van der Waals surface area contributed by atoms with Gasteiger partial charge >= 0.3 is 12.1 Å². The maximum atomic E-state index is 12.1. The van der Waals surface area contributed by atoms with Crippen LogP contribution >= 0.6 is 0 Å². The molecule has 0 saturated carbocycles. The first-order valence-electron chi connectivity index (χ1n) is 8.19. The predicted octanol–water partition coefficient (Wildman–Crippen LogP) is 2.30. The molecular weight excluding hydrogens is 356 g/mol. The van der Waals surface area contributed by atoms with E-state index in [2.05, 4.69) is 9.89 Å². The van der Waals surface area contributed by atoms with Crippen molar-refractivity contribution in [2.24, 2.45) is 0 Å². The molecule has 0 radical (unpaired) electrons. The lowest BCUT2D eigenvalue weighted by molar-refractivity contribution is -0.123. The summed E-state index contributed by atoms with van der Waals surface area (Å²) >= 11 is 0. The van der Waals surface area contributed by atoms with Gasteiger partial charge in [-0.05, 0) is 39.0 Å². The Balaban J connectivity index is 1.89. The van der Waals surface area contributed by atoms with E-state index in [0.29, 0.717) is 11.5 Å². The zero-order valence-electron chi connectivity index (χ0n) is 15.2. The van der Waals surface area contributed by atoms with E-state index in [0.717, 1.165) is 11.3 Å². The zero-order chi connectivity index (χ0) is 19.8. The zero-order valence-corrected chi connectivity index (χ0v) is 15.2. The van der Waals surface area contributed by atoms with Gasteiger partial charge in [-0.1, -0.05) is 11.2 Å². The minimum atomic E-state index is -0.895. The number of amides is 2. The number of esters is 1. The molecule has 0 saturated heterocycles. The normalized spacial score (nSPS) is 10.2. The van der Waals surface area contributed by atoms with Crippen molar-refractivity contribution in [1.29, 1.82) is 0 Å². The van der Waals surface area contributed by atoms with E-state index >= 15 is 0 Å². The van der Waals surface area contributed by atoms with Gasteiger partial charge in [-0.2, -0.15) is 0 Å². The molecular formula is C18H20N2O7. The summed E-state index contributed by atoms with van der Waals surface area (Å²) in [6.07, 6.45) is -0.895. The topological polar surface area (TPSA) is 117 Å². The van der Waals surface area contributed by atoms with E-state index in [-0.39, 0.29) is 18.8 Å². The third-order valence-electron chi connectivity index (χ3n) is 3.49. The van der Waals surface area contributed by atoms with E-state index in [1.54, 1.807) is 26.0 Å². The van der Waals surface area contributed by atoms with Crippen molar-refractivity contribution in [1.82, 2.24) is 10.5 Å². The summed E-state index contributed by atoms with van der Waals surface area (Å²) in [6, 6.07) is 6.32. The largest absolute Gasteiger partial charge is 0.489 e. The van der Waals surface area contributed by atoms with Gasteiger partial charge in [-0.25, -0.2) is 9.59 Å². The molecule has 1 heterocycles. The van der Waals surface area contributed by atoms with Gasteiger partial charge in [0.25, 0.3) is 5.91 Å². The van der Waals surface area contributed by atoms with Crippen LogP contribution in [0.5, 0.6) is 5.75 Å². The quantitative estimate of drug-likeness (QED) is 0.732. The number of hydrogen-bond acceptors (Lipinski definition) is 8.